The van der Waals surface area contributed by atoms with Crippen LogP contribution in [0.4, 0.5) is 13.2 Å². The van der Waals surface area contributed by atoms with Crippen molar-refractivity contribution in [3.05, 3.63) is 35.4 Å². The fourth-order valence-corrected chi connectivity index (χ4v) is 1.54. The minimum absolute atomic E-state index is 0. The van der Waals surface area contributed by atoms with E-state index in [2.05, 4.69) is 5.32 Å². The predicted molar refractivity (Wildman–Crippen MR) is 66.7 cm³/mol. The lowest BCUT2D eigenvalue weighted by Crippen LogP contribution is -2.31. The lowest BCUT2D eigenvalue weighted by molar-refractivity contribution is -0.138. The molecule has 0 heterocycles. The van der Waals surface area contributed by atoms with Crippen LogP contribution in [0.5, 0.6) is 0 Å². The van der Waals surface area contributed by atoms with Crippen LogP contribution >= 0.6 is 12.4 Å². The van der Waals surface area contributed by atoms with E-state index >= 15 is 0 Å². The lowest BCUT2D eigenvalue weighted by atomic mass is 10.1. The second kappa shape index (κ2) is 7.61. The molecular formula is C12H17ClF3NO. The molecule has 1 aromatic rings. The number of benzene rings is 1. The third-order valence-corrected chi connectivity index (χ3v) is 2.62. The van der Waals surface area contributed by atoms with Crippen molar-refractivity contribution in [1.82, 2.24) is 5.32 Å². The number of hydrogen-bond acceptors (Lipinski definition) is 2. The highest BCUT2D eigenvalue weighted by molar-refractivity contribution is 5.85. The maximum absolute atomic E-state index is 12.7. The second-order valence-corrected chi connectivity index (χ2v) is 3.82. The molecule has 2 nitrogen and oxygen atoms in total. The van der Waals surface area contributed by atoms with Crippen LogP contribution in [0.25, 0.3) is 0 Å². The van der Waals surface area contributed by atoms with Crippen LogP contribution in [0.1, 0.15) is 24.5 Å². The first-order valence-corrected chi connectivity index (χ1v) is 5.48. The molecule has 104 valence electrons. The molecular weight excluding hydrogens is 267 g/mol. The number of aliphatic hydroxyl groups is 1. The van der Waals surface area contributed by atoms with E-state index in [9.17, 15) is 13.2 Å². The van der Waals surface area contributed by atoms with Gasteiger partial charge in [-0.1, -0.05) is 25.1 Å². The summed E-state index contributed by atoms with van der Waals surface area (Å²) in [5, 5.41) is 11.8. The van der Waals surface area contributed by atoms with Crippen molar-refractivity contribution in [2.24, 2.45) is 0 Å². The molecule has 0 fully saturated rings. The maximum Gasteiger partial charge on any atom is 0.416 e. The molecule has 0 aliphatic heterocycles. The minimum Gasteiger partial charge on any atom is -0.395 e. The van der Waals surface area contributed by atoms with Gasteiger partial charge in [0.05, 0.1) is 12.2 Å². The fourth-order valence-electron chi connectivity index (χ4n) is 1.54. The van der Waals surface area contributed by atoms with Crippen molar-refractivity contribution < 1.29 is 18.3 Å². The quantitative estimate of drug-likeness (QED) is 0.871. The highest BCUT2D eigenvalue weighted by Crippen LogP contribution is 2.31. The first-order valence-electron chi connectivity index (χ1n) is 5.48. The maximum atomic E-state index is 12.7. The molecule has 6 heteroatoms. The Morgan fingerprint density at radius 1 is 1.28 bits per heavy atom. The number of hydrogen-bond donors (Lipinski definition) is 2. The van der Waals surface area contributed by atoms with Gasteiger partial charge in [-0.05, 0) is 18.1 Å². The third-order valence-electron chi connectivity index (χ3n) is 2.62. The molecule has 1 aromatic carbocycles. The van der Waals surface area contributed by atoms with Gasteiger partial charge in [0.1, 0.15) is 0 Å². The number of alkyl halides is 3. The Balaban J connectivity index is 0.00000289. The summed E-state index contributed by atoms with van der Waals surface area (Å²) in [6.07, 6.45) is -3.66. The minimum atomic E-state index is -4.33. The van der Waals surface area contributed by atoms with E-state index in [0.717, 1.165) is 6.07 Å². The molecule has 1 unspecified atom stereocenters. The molecule has 0 saturated heterocycles. The lowest BCUT2D eigenvalue weighted by Gasteiger charge is -2.17. The van der Waals surface area contributed by atoms with Gasteiger partial charge in [-0.2, -0.15) is 13.2 Å². The standard InChI is InChI=1S/C12H16F3NO.ClH/c1-2-10(8-17)16-7-9-5-3-4-6-11(9)12(13,14)15;/h3-6,10,16-17H,2,7-8H2,1H3;1H. The zero-order valence-corrected chi connectivity index (χ0v) is 10.8. The molecule has 0 saturated carbocycles. The summed E-state index contributed by atoms with van der Waals surface area (Å²) < 4.78 is 38.0. The van der Waals surface area contributed by atoms with E-state index in [0.29, 0.717) is 6.42 Å². The SMILES string of the molecule is CCC(CO)NCc1ccccc1C(F)(F)F.Cl. The summed E-state index contributed by atoms with van der Waals surface area (Å²) in [5.41, 5.74) is -0.424. The number of halogens is 4. The summed E-state index contributed by atoms with van der Waals surface area (Å²) in [4.78, 5) is 0. The molecule has 18 heavy (non-hydrogen) atoms. The third kappa shape index (κ3) is 4.84. The molecule has 0 aliphatic rings. The molecule has 0 spiro atoms. The predicted octanol–water partition coefficient (Wildman–Crippen LogP) is 2.99. The van der Waals surface area contributed by atoms with E-state index in [-0.39, 0.29) is 37.2 Å². The Morgan fingerprint density at radius 3 is 2.39 bits per heavy atom. The van der Waals surface area contributed by atoms with Crippen LogP contribution in [-0.4, -0.2) is 17.8 Å². The van der Waals surface area contributed by atoms with Crippen LogP contribution in [0.3, 0.4) is 0 Å². The van der Waals surface area contributed by atoms with Crippen LogP contribution < -0.4 is 5.32 Å². The zero-order valence-electron chi connectivity index (χ0n) is 10.00. The van der Waals surface area contributed by atoms with Gasteiger partial charge >= 0.3 is 6.18 Å². The largest absolute Gasteiger partial charge is 0.416 e. The van der Waals surface area contributed by atoms with E-state index in [1.807, 2.05) is 6.92 Å². The average Bonchev–Trinajstić information content (AvgIpc) is 2.29. The van der Waals surface area contributed by atoms with E-state index < -0.39 is 11.7 Å². The number of aliphatic hydroxyl groups excluding tert-OH is 1. The van der Waals surface area contributed by atoms with E-state index in [1.165, 1.54) is 12.1 Å². The summed E-state index contributed by atoms with van der Waals surface area (Å²) in [5.74, 6) is 0. The van der Waals surface area contributed by atoms with Gasteiger partial charge in [-0.25, -0.2) is 0 Å². The Hall–Kier alpha value is -0.780. The first kappa shape index (κ1) is 17.2. The molecule has 0 aliphatic carbocycles. The topological polar surface area (TPSA) is 32.3 Å². The molecule has 0 aromatic heterocycles. The summed E-state index contributed by atoms with van der Waals surface area (Å²) in [6.45, 7) is 1.89. The molecule has 1 atom stereocenters. The second-order valence-electron chi connectivity index (χ2n) is 3.82. The molecule has 0 bridgehead atoms. The Morgan fingerprint density at radius 2 is 1.89 bits per heavy atom. The fraction of sp³-hybridized carbons (Fsp3) is 0.500. The van der Waals surface area contributed by atoms with Gasteiger partial charge in [-0.3, -0.25) is 0 Å². The van der Waals surface area contributed by atoms with Gasteiger partial charge in [0.2, 0.25) is 0 Å². The van der Waals surface area contributed by atoms with Crippen molar-refractivity contribution >= 4 is 12.4 Å². The molecule has 1 rings (SSSR count). The van der Waals surface area contributed by atoms with Crippen LogP contribution in [-0.2, 0) is 12.7 Å². The van der Waals surface area contributed by atoms with Crippen molar-refractivity contribution in [1.29, 1.82) is 0 Å². The van der Waals surface area contributed by atoms with Crippen molar-refractivity contribution in [3.8, 4) is 0 Å². The number of nitrogens with one attached hydrogen (secondary N) is 1. The van der Waals surface area contributed by atoms with Crippen molar-refractivity contribution in [2.45, 2.75) is 32.1 Å². The Kier molecular flexibility index (Phi) is 7.28. The Labute approximate surface area is 111 Å². The van der Waals surface area contributed by atoms with Crippen molar-refractivity contribution in [2.75, 3.05) is 6.61 Å². The summed E-state index contributed by atoms with van der Waals surface area (Å²) in [6, 6.07) is 5.29. The van der Waals surface area contributed by atoms with Crippen LogP contribution in [0, 0.1) is 0 Å². The number of rotatable bonds is 5. The summed E-state index contributed by atoms with van der Waals surface area (Å²) in [7, 11) is 0. The highest BCUT2D eigenvalue weighted by atomic mass is 35.5. The average molecular weight is 284 g/mol. The van der Waals surface area contributed by atoms with E-state index in [4.69, 9.17) is 5.11 Å². The van der Waals surface area contributed by atoms with E-state index in [1.54, 1.807) is 6.07 Å². The molecule has 2 N–H and O–H groups in total. The Bertz CT molecular complexity index is 353. The van der Waals surface area contributed by atoms with Gasteiger partial charge in [0.25, 0.3) is 0 Å². The van der Waals surface area contributed by atoms with Crippen molar-refractivity contribution in [3.63, 3.8) is 0 Å². The zero-order chi connectivity index (χ0) is 12.9. The summed E-state index contributed by atoms with van der Waals surface area (Å²) >= 11 is 0. The highest BCUT2D eigenvalue weighted by Gasteiger charge is 2.32. The smallest absolute Gasteiger partial charge is 0.395 e. The first-order chi connectivity index (χ1) is 7.99. The van der Waals surface area contributed by atoms with Gasteiger partial charge in [0, 0.05) is 12.6 Å². The van der Waals surface area contributed by atoms with Gasteiger partial charge in [0.15, 0.2) is 0 Å². The van der Waals surface area contributed by atoms with Gasteiger partial charge in [-0.15, -0.1) is 12.4 Å². The van der Waals surface area contributed by atoms with Gasteiger partial charge < -0.3 is 10.4 Å². The monoisotopic (exact) mass is 283 g/mol. The molecule has 0 radical (unpaired) electrons. The molecule has 0 amide bonds. The van der Waals surface area contributed by atoms with Crippen LogP contribution in [0.2, 0.25) is 0 Å². The normalized spacial score (nSPS) is 12.9. The van der Waals surface area contributed by atoms with Crippen LogP contribution in [0.15, 0.2) is 24.3 Å².